The highest BCUT2D eigenvalue weighted by atomic mass is 16.6. The summed E-state index contributed by atoms with van der Waals surface area (Å²) >= 11 is 0. The Hall–Kier alpha value is -4.24. The van der Waals surface area contributed by atoms with Gasteiger partial charge in [0.1, 0.15) is 18.1 Å². The molecule has 0 bridgehead atoms. The number of carbonyl (C=O) groups is 2. The highest BCUT2D eigenvalue weighted by molar-refractivity contribution is 5.90. The third-order valence-corrected chi connectivity index (χ3v) is 5.47. The molecule has 1 N–H and O–H groups in total. The van der Waals surface area contributed by atoms with Crippen molar-refractivity contribution in [3.8, 4) is 23.3 Å². The van der Waals surface area contributed by atoms with Gasteiger partial charge in [0.25, 0.3) is 0 Å². The first-order valence-corrected chi connectivity index (χ1v) is 10.4. The number of hydrogen-bond donors (Lipinski definition) is 1. The fraction of sp³-hybridized carbons (Fsp3) is 0.154. The van der Waals surface area contributed by atoms with Crippen LogP contribution in [0.3, 0.4) is 0 Å². The highest BCUT2D eigenvalue weighted by Gasteiger charge is 2.32. The van der Waals surface area contributed by atoms with Crippen LogP contribution in [0.4, 0.5) is 10.5 Å². The van der Waals surface area contributed by atoms with Crippen LogP contribution in [0.2, 0.25) is 0 Å². The average Bonchev–Trinajstić information content (AvgIpc) is 3.26. The van der Waals surface area contributed by atoms with E-state index in [9.17, 15) is 9.59 Å². The number of hydrogen-bond acceptors (Lipinski definition) is 4. The second kappa shape index (κ2) is 8.48. The number of para-hydroxylation sites is 2. The van der Waals surface area contributed by atoms with E-state index < -0.39 is 5.92 Å². The Labute approximate surface area is 185 Å². The molecule has 0 atom stereocenters. The Kier molecular flexibility index (Phi) is 5.22. The van der Waals surface area contributed by atoms with Crippen LogP contribution in [0.1, 0.15) is 22.6 Å². The Bertz CT molecular complexity index is 1190. The molecule has 0 saturated carbocycles. The van der Waals surface area contributed by atoms with E-state index in [0.717, 1.165) is 22.4 Å². The second-order valence-electron chi connectivity index (χ2n) is 7.44. The van der Waals surface area contributed by atoms with Crippen LogP contribution in [0.5, 0.6) is 11.5 Å². The maximum absolute atomic E-state index is 13.1. The largest absolute Gasteiger partial charge is 0.457 e. The zero-order valence-electron chi connectivity index (χ0n) is 17.2. The molecule has 1 fully saturated rings. The Morgan fingerprint density at radius 1 is 0.969 bits per heavy atom. The number of benzene rings is 3. The summed E-state index contributed by atoms with van der Waals surface area (Å²) in [4.78, 5) is 26.3. The van der Waals surface area contributed by atoms with E-state index in [4.69, 9.17) is 9.47 Å². The maximum Gasteiger partial charge on any atom is 0.414 e. The molecule has 2 heterocycles. The molecule has 0 unspecified atom stereocenters. The van der Waals surface area contributed by atoms with E-state index in [-0.39, 0.29) is 18.5 Å². The summed E-state index contributed by atoms with van der Waals surface area (Å²) in [5, 5.41) is 2.93. The fourth-order valence-electron chi connectivity index (χ4n) is 3.92. The lowest BCUT2D eigenvalue weighted by Gasteiger charge is -2.27. The highest BCUT2D eigenvalue weighted by Crippen LogP contribution is 2.43. The first kappa shape index (κ1) is 19.7. The molecule has 3 aromatic carbocycles. The minimum absolute atomic E-state index is 0.120. The van der Waals surface area contributed by atoms with Gasteiger partial charge in [-0.15, -0.1) is 0 Å². The number of cyclic esters (lactones) is 1. The van der Waals surface area contributed by atoms with E-state index in [1.165, 1.54) is 0 Å². The molecular formula is C26H20N2O4. The standard InChI is InChI=1S/C26H20N2O4/c29-25(24-20-7-1-3-9-22(20)32-23-10-4-2-8-21(23)24)27-15-5-6-18-11-13-19(14-12-18)28-16-17-31-26(28)30/h1-4,7-14,24H,15-17H2,(H,27,29). The quantitative estimate of drug-likeness (QED) is 0.644. The molecule has 3 aromatic rings. The van der Waals surface area contributed by atoms with E-state index in [1.54, 1.807) is 4.90 Å². The summed E-state index contributed by atoms with van der Waals surface area (Å²) < 4.78 is 10.9. The minimum Gasteiger partial charge on any atom is -0.457 e. The van der Waals surface area contributed by atoms with Gasteiger partial charge in [-0.2, -0.15) is 0 Å². The predicted molar refractivity (Wildman–Crippen MR) is 120 cm³/mol. The number of anilines is 1. The number of amides is 2. The zero-order chi connectivity index (χ0) is 21.9. The Morgan fingerprint density at radius 3 is 2.25 bits per heavy atom. The summed E-state index contributed by atoms with van der Waals surface area (Å²) in [6.45, 7) is 1.18. The molecule has 2 amide bonds. The number of nitrogens with zero attached hydrogens (tertiary/aromatic N) is 1. The van der Waals surface area contributed by atoms with Crippen molar-refractivity contribution in [2.45, 2.75) is 5.92 Å². The molecule has 0 aliphatic carbocycles. The summed E-state index contributed by atoms with van der Waals surface area (Å²) in [7, 11) is 0. The summed E-state index contributed by atoms with van der Waals surface area (Å²) in [6, 6.07) is 22.5. The van der Waals surface area contributed by atoms with Gasteiger partial charge in [0.05, 0.1) is 19.0 Å². The minimum atomic E-state index is -0.447. The molecule has 6 nitrogen and oxygen atoms in total. The van der Waals surface area contributed by atoms with E-state index in [2.05, 4.69) is 17.2 Å². The number of nitrogens with one attached hydrogen (secondary N) is 1. The van der Waals surface area contributed by atoms with Crippen LogP contribution in [0, 0.1) is 11.8 Å². The van der Waals surface area contributed by atoms with Crippen molar-refractivity contribution in [1.82, 2.24) is 5.32 Å². The van der Waals surface area contributed by atoms with Gasteiger partial charge in [-0.1, -0.05) is 48.2 Å². The van der Waals surface area contributed by atoms with Crippen molar-refractivity contribution in [3.05, 3.63) is 89.5 Å². The van der Waals surface area contributed by atoms with Crippen molar-refractivity contribution in [2.24, 2.45) is 0 Å². The average molecular weight is 424 g/mol. The second-order valence-corrected chi connectivity index (χ2v) is 7.44. The van der Waals surface area contributed by atoms with Gasteiger partial charge < -0.3 is 14.8 Å². The normalized spacial score (nSPS) is 14.4. The SMILES string of the molecule is O=C(NCC#Cc1ccc(N2CCOC2=O)cc1)C1c2ccccc2Oc2ccccc21. The van der Waals surface area contributed by atoms with Gasteiger partial charge in [-0.05, 0) is 36.4 Å². The van der Waals surface area contributed by atoms with E-state index in [1.807, 2.05) is 72.8 Å². The Balaban J connectivity index is 1.27. The fourth-order valence-corrected chi connectivity index (χ4v) is 3.92. The molecule has 0 spiro atoms. The molecule has 0 aromatic heterocycles. The molecule has 2 aliphatic heterocycles. The van der Waals surface area contributed by atoms with Gasteiger partial charge in [-0.25, -0.2) is 4.79 Å². The zero-order valence-corrected chi connectivity index (χ0v) is 17.2. The molecule has 1 saturated heterocycles. The van der Waals surface area contributed by atoms with Gasteiger partial charge in [0.2, 0.25) is 5.91 Å². The lowest BCUT2D eigenvalue weighted by atomic mass is 9.87. The van der Waals surface area contributed by atoms with Crippen molar-refractivity contribution in [2.75, 3.05) is 24.6 Å². The van der Waals surface area contributed by atoms with Crippen molar-refractivity contribution < 1.29 is 19.1 Å². The van der Waals surface area contributed by atoms with Crippen molar-refractivity contribution >= 4 is 17.7 Å². The molecule has 0 radical (unpaired) electrons. The number of fused-ring (bicyclic) bond motifs is 2. The van der Waals surface area contributed by atoms with Gasteiger partial charge >= 0.3 is 6.09 Å². The summed E-state index contributed by atoms with van der Waals surface area (Å²) in [6.07, 6.45) is -0.331. The van der Waals surface area contributed by atoms with Gasteiger partial charge in [0.15, 0.2) is 0 Å². The molecule has 5 rings (SSSR count). The third-order valence-electron chi connectivity index (χ3n) is 5.47. The van der Waals surface area contributed by atoms with Crippen LogP contribution < -0.4 is 15.0 Å². The number of ether oxygens (including phenoxy) is 2. The van der Waals surface area contributed by atoms with Crippen LogP contribution in [0.15, 0.2) is 72.8 Å². The predicted octanol–water partition coefficient (Wildman–Crippen LogP) is 4.05. The van der Waals surface area contributed by atoms with Gasteiger partial charge in [0, 0.05) is 22.4 Å². The summed E-state index contributed by atoms with van der Waals surface area (Å²) in [5.74, 6) is 6.87. The third kappa shape index (κ3) is 3.77. The van der Waals surface area contributed by atoms with Crippen LogP contribution in [-0.2, 0) is 9.53 Å². The molecule has 158 valence electrons. The molecule has 2 aliphatic rings. The smallest absolute Gasteiger partial charge is 0.414 e. The first-order chi connectivity index (χ1) is 15.7. The van der Waals surface area contributed by atoms with Crippen molar-refractivity contribution in [1.29, 1.82) is 0 Å². The van der Waals surface area contributed by atoms with Crippen LogP contribution >= 0.6 is 0 Å². The van der Waals surface area contributed by atoms with E-state index >= 15 is 0 Å². The molecule has 32 heavy (non-hydrogen) atoms. The molecule has 6 heteroatoms. The summed E-state index contributed by atoms with van der Waals surface area (Å²) in [5.41, 5.74) is 3.26. The number of carbonyl (C=O) groups excluding carboxylic acids is 2. The first-order valence-electron chi connectivity index (χ1n) is 10.4. The van der Waals surface area contributed by atoms with Gasteiger partial charge in [-0.3, -0.25) is 9.69 Å². The lowest BCUT2D eigenvalue weighted by Crippen LogP contribution is -2.31. The number of rotatable bonds is 3. The topological polar surface area (TPSA) is 67.9 Å². The maximum atomic E-state index is 13.1. The Morgan fingerprint density at radius 2 is 1.62 bits per heavy atom. The van der Waals surface area contributed by atoms with Crippen LogP contribution in [0.25, 0.3) is 0 Å². The molecular weight excluding hydrogens is 404 g/mol. The van der Waals surface area contributed by atoms with Crippen molar-refractivity contribution in [3.63, 3.8) is 0 Å². The van der Waals surface area contributed by atoms with Crippen LogP contribution in [-0.4, -0.2) is 31.7 Å². The monoisotopic (exact) mass is 424 g/mol. The lowest BCUT2D eigenvalue weighted by molar-refractivity contribution is -0.121. The van der Waals surface area contributed by atoms with E-state index in [0.29, 0.717) is 24.7 Å².